The van der Waals surface area contributed by atoms with Gasteiger partial charge in [0.2, 0.25) is 0 Å². The lowest BCUT2D eigenvalue weighted by Crippen LogP contribution is -2.92. The standard InChI is InChI=1S/C22H31NO6/c1-4-13-17-16(12(3)19(25)28-17)21-10-14(15-9-11(2)18(24)27-15)23-8-6-5-7-20(13,29-21)22(21,23)26/h11-17,26H,4-10H2,1-3H3/t11-,12-,13-,14-,15-,16-,17-,20+,21-,22-/m1/s1. The summed E-state index contributed by atoms with van der Waals surface area (Å²) in [5.74, 6) is -0.910. The lowest BCUT2D eigenvalue weighted by Gasteiger charge is -2.75. The van der Waals surface area contributed by atoms with Crippen LogP contribution in [0.2, 0.25) is 0 Å². The molecular weight excluding hydrogens is 374 g/mol. The molecule has 0 amide bonds. The second-order valence-electron chi connectivity index (χ2n) is 10.3. The van der Waals surface area contributed by atoms with Gasteiger partial charge in [-0.25, -0.2) is 0 Å². The molecule has 1 N–H and O–H groups in total. The second-order valence-corrected chi connectivity index (χ2v) is 10.3. The molecule has 1 aliphatic carbocycles. The minimum absolute atomic E-state index is 0.0160. The molecule has 2 bridgehead atoms. The Kier molecular flexibility index (Phi) is 3.55. The first-order valence-corrected chi connectivity index (χ1v) is 11.4. The van der Waals surface area contributed by atoms with E-state index in [1.54, 1.807) is 0 Å². The van der Waals surface area contributed by atoms with Crippen LogP contribution in [-0.2, 0) is 23.8 Å². The molecule has 29 heavy (non-hydrogen) atoms. The van der Waals surface area contributed by atoms with Crippen LogP contribution in [0.15, 0.2) is 0 Å². The lowest BCUT2D eigenvalue weighted by atomic mass is 9.48. The van der Waals surface area contributed by atoms with Crippen LogP contribution >= 0.6 is 0 Å². The molecule has 0 unspecified atom stereocenters. The molecule has 0 aromatic carbocycles. The van der Waals surface area contributed by atoms with Gasteiger partial charge in [0.25, 0.3) is 0 Å². The molecule has 160 valence electrons. The van der Waals surface area contributed by atoms with Gasteiger partial charge >= 0.3 is 11.9 Å². The largest absolute Gasteiger partial charge is 0.461 e. The number of aliphatic hydroxyl groups is 1. The van der Waals surface area contributed by atoms with Gasteiger partial charge < -0.3 is 19.3 Å². The van der Waals surface area contributed by atoms with Gasteiger partial charge in [0, 0.05) is 24.8 Å². The van der Waals surface area contributed by atoms with Gasteiger partial charge in [-0.15, -0.1) is 0 Å². The van der Waals surface area contributed by atoms with E-state index in [4.69, 9.17) is 14.2 Å². The molecule has 7 nitrogen and oxygen atoms in total. The van der Waals surface area contributed by atoms with E-state index >= 15 is 0 Å². The summed E-state index contributed by atoms with van der Waals surface area (Å²) in [6.45, 7) is 6.70. The Hall–Kier alpha value is -1.18. The molecule has 0 radical (unpaired) electrons. The van der Waals surface area contributed by atoms with Crippen LogP contribution in [0.25, 0.3) is 0 Å². The molecule has 6 aliphatic heterocycles. The molecule has 0 aromatic heterocycles. The van der Waals surface area contributed by atoms with E-state index in [0.29, 0.717) is 12.8 Å². The zero-order valence-corrected chi connectivity index (χ0v) is 17.4. The van der Waals surface area contributed by atoms with Crippen LogP contribution in [0, 0.1) is 23.7 Å². The number of esters is 2. The zero-order valence-electron chi connectivity index (χ0n) is 17.4. The third kappa shape index (κ3) is 1.80. The molecule has 0 aromatic rings. The molecule has 10 atom stereocenters. The van der Waals surface area contributed by atoms with Crippen molar-refractivity contribution in [2.45, 2.75) is 94.5 Å². The molecule has 6 saturated heterocycles. The maximum absolute atomic E-state index is 12.6. The normalized spacial score (nSPS) is 58.1. The summed E-state index contributed by atoms with van der Waals surface area (Å²) in [7, 11) is 0. The number of hydrogen-bond donors (Lipinski definition) is 1. The molecule has 7 rings (SSSR count). The van der Waals surface area contributed by atoms with Gasteiger partial charge in [-0.1, -0.05) is 20.8 Å². The Morgan fingerprint density at radius 2 is 1.93 bits per heavy atom. The van der Waals surface area contributed by atoms with E-state index in [2.05, 4.69) is 11.8 Å². The lowest BCUT2D eigenvalue weighted by molar-refractivity contribution is -0.487. The van der Waals surface area contributed by atoms with Gasteiger partial charge in [0.15, 0.2) is 5.72 Å². The molecule has 1 saturated carbocycles. The summed E-state index contributed by atoms with van der Waals surface area (Å²) in [4.78, 5) is 27.0. The summed E-state index contributed by atoms with van der Waals surface area (Å²) in [5, 5.41) is 12.5. The number of carbonyl (C=O) groups is 2. The van der Waals surface area contributed by atoms with E-state index in [0.717, 1.165) is 32.2 Å². The van der Waals surface area contributed by atoms with Gasteiger partial charge in [-0.05, 0) is 32.1 Å². The van der Waals surface area contributed by atoms with Gasteiger partial charge in [0.1, 0.15) is 23.4 Å². The SMILES string of the molecule is CC[C@@H]1[C@H]2OC(=O)[C@H](C)[C@H]2[C@@]23C[C@H]([C@H]4C[C@@H](C)C(=O)O4)N4CCCC[C@@]1(O2)[C@]43O. The smallest absolute Gasteiger partial charge is 0.309 e. The molecular formula is C22H31NO6. The van der Waals surface area contributed by atoms with Crippen molar-refractivity contribution in [3.8, 4) is 0 Å². The van der Waals surface area contributed by atoms with Crippen molar-refractivity contribution >= 4 is 11.9 Å². The van der Waals surface area contributed by atoms with Crippen LogP contribution in [0.3, 0.4) is 0 Å². The fourth-order valence-electron chi connectivity index (χ4n) is 8.19. The van der Waals surface area contributed by atoms with E-state index in [1.165, 1.54) is 0 Å². The average molecular weight is 405 g/mol. The number of nitrogens with zero attached hydrogens (tertiary/aromatic N) is 1. The summed E-state index contributed by atoms with van der Waals surface area (Å²) >= 11 is 0. The molecule has 7 fully saturated rings. The quantitative estimate of drug-likeness (QED) is 0.699. The summed E-state index contributed by atoms with van der Waals surface area (Å²) < 4.78 is 18.5. The number of ether oxygens (including phenoxy) is 3. The van der Waals surface area contributed by atoms with Crippen molar-refractivity contribution in [1.29, 1.82) is 0 Å². The molecule has 6 heterocycles. The van der Waals surface area contributed by atoms with Crippen LogP contribution in [0.4, 0.5) is 0 Å². The van der Waals surface area contributed by atoms with Crippen LogP contribution in [0.5, 0.6) is 0 Å². The van der Waals surface area contributed by atoms with E-state index in [1.807, 2.05) is 13.8 Å². The Morgan fingerprint density at radius 1 is 1.14 bits per heavy atom. The van der Waals surface area contributed by atoms with Crippen molar-refractivity contribution in [2.24, 2.45) is 23.7 Å². The summed E-state index contributed by atoms with van der Waals surface area (Å²) in [6, 6.07) is -0.0759. The highest BCUT2D eigenvalue weighted by molar-refractivity contribution is 5.76. The Balaban J connectivity index is 1.49. The van der Waals surface area contributed by atoms with Crippen LogP contribution in [0.1, 0.15) is 59.3 Å². The first-order chi connectivity index (χ1) is 13.8. The minimum Gasteiger partial charge on any atom is -0.461 e. The van der Waals surface area contributed by atoms with E-state index < -0.39 is 16.9 Å². The maximum atomic E-state index is 12.6. The molecule has 7 aliphatic rings. The van der Waals surface area contributed by atoms with Crippen LogP contribution < -0.4 is 0 Å². The predicted molar refractivity (Wildman–Crippen MR) is 100 cm³/mol. The second kappa shape index (κ2) is 5.54. The third-order valence-corrected chi connectivity index (χ3v) is 9.25. The average Bonchev–Trinajstić information content (AvgIpc) is 3.21. The highest BCUT2D eigenvalue weighted by Crippen LogP contribution is 2.75. The maximum Gasteiger partial charge on any atom is 0.309 e. The van der Waals surface area contributed by atoms with E-state index in [-0.39, 0.29) is 53.9 Å². The van der Waals surface area contributed by atoms with Gasteiger partial charge in [0.05, 0.1) is 17.9 Å². The monoisotopic (exact) mass is 405 g/mol. The number of carbonyl (C=O) groups excluding carboxylic acids is 2. The van der Waals surface area contributed by atoms with Crippen molar-refractivity contribution in [1.82, 2.24) is 4.90 Å². The third-order valence-electron chi connectivity index (χ3n) is 9.25. The Labute approximate surface area is 171 Å². The number of rotatable bonds is 2. The van der Waals surface area contributed by atoms with E-state index in [9.17, 15) is 14.7 Å². The number of hydrogen-bond acceptors (Lipinski definition) is 7. The predicted octanol–water partition coefficient (Wildman–Crippen LogP) is 1.61. The summed E-state index contributed by atoms with van der Waals surface area (Å²) in [6.07, 6.45) is 4.38. The highest BCUT2D eigenvalue weighted by Gasteiger charge is 2.91. The summed E-state index contributed by atoms with van der Waals surface area (Å²) in [5.41, 5.74) is -2.64. The highest BCUT2D eigenvalue weighted by atomic mass is 16.6. The fourth-order valence-corrected chi connectivity index (χ4v) is 8.19. The first-order valence-electron chi connectivity index (χ1n) is 11.4. The molecule has 7 heteroatoms. The topological polar surface area (TPSA) is 85.3 Å². The van der Waals surface area contributed by atoms with Crippen molar-refractivity contribution in [3.05, 3.63) is 0 Å². The van der Waals surface area contributed by atoms with Crippen molar-refractivity contribution in [3.63, 3.8) is 0 Å². The van der Waals surface area contributed by atoms with Gasteiger partial charge in [-0.2, -0.15) is 0 Å². The number of cyclic esters (lactones) is 1. The molecule has 2 spiro atoms. The van der Waals surface area contributed by atoms with Crippen molar-refractivity contribution < 1.29 is 28.9 Å². The Morgan fingerprint density at radius 3 is 2.62 bits per heavy atom. The first kappa shape index (κ1) is 18.6. The zero-order chi connectivity index (χ0) is 20.3. The van der Waals surface area contributed by atoms with Gasteiger partial charge in [-0.3, -0.25) is 14.5 Å². The van der Waals surface area contributed by atoms with Crippen molar-refractivity contribution in [2.75, 3.05) is 6.54 Å². The fraction of sp³-hybridized carbons (Fsp3) is 0.909. The van der Waals surface area contributed by atoms with Crippen LogP contribution in [-0.4, -0.2) is 63.7 Å². The minimum atomic E-state index is -1.12. The Bertz CT molecular complexity index is 787.